The number of hydrogen-bond donors (Lipinski definition) is 0. The molecule has 0 saturated heterocycles. The van der Waals surface area contributed by atoms with Crippen molar-refractivity contribution in [3.8, 4) is 0 Å². The number of rotatable bonds is 3. The van der Waals surface area contributed by atoms with Crippen molar-refractivity contribution in [1.29, 1.82) is 0 Å². The first-order valence-corrected chi connectivity index (χ1v) is 6.29. The zero-order valence-corrected chi connectivity index (χ0v) is 9.10. The van der Waals surface area contributed by atoms with Gasteiger partial charge in [-0.3, -0.25) is 0 Å². The van der Waals surface area contributed by atoms with Gasteiger partial charge in [0, 0.05) is 7.05 Å². The molecule has 0 heterocycles. The van der Waals surface area contributed by atoms with Gasteiger partial charge < -0.3 is 0 Å². The van der Waals surface area contributed by atoms with E-state index in [2.05, 4.69) is 0 Å². The lowest BCUT2D eigenvalue weighted by Gasteiger charge is -2.12. The SMILES string of the molecule is CSN(C)S(=O)(=O)c1ccccc1. The molecule has 1 aromatic carbocycles. The van der Waals surface area contributed by atoms with Crippen molar-refractivity contribution in [3.63, 3.8) is 0 Å². The molecule has 0 aliphatic heterocycles. The van der Waals surface area contributed by atoms with Crippen LogP contribution in [0.25, 0.3) is 0 Å². The van der Waals surface area contributed by atoms with Crippen molar-refractivity contribution in [3.05, 3.63) is 30.3 Å². The third-order valence-electron chi connectivity index (χ3n) is 1.64. The fraction of sp³-hybridized carbons (Fsp3) is 0.250. The maximum Gasteiger partial charge on any atom is 0.252 e. The minimum atomic E-state index is -3.29. The lowest BCUT2D eigenvalue weighted by molar-refractivity contribution is 0.565. The van der Waals surface area contributed by atoms with Crippen LogP contribution < -0.4 is 0 Å². The fourth-order valence-corrected chi connectivity index (χ4v) is 2.68. The van der Waals surface area contributed by atoms with Crippen LogP contribution in [0.5, 0.6) is 0 Å². The van der Waals surface area contributed by atoms with Gasteiger partial charge in [-0.1, -0.05) is 30.1 Å². The fourth-order valence-electron chi connectivity index (χ4n) is 0.839. The smallest absolute Gasteiger partial charge is 0.206 e. The van der Waals surface area contributed by atoms with Gasteiger partial charge in [0.25, 0.3) is 10.0 Å². The molecule has 0 bridgehead atoms. The molecule has 0 aliphatic rings. The van der Waals surface area contributed by atoms with Gasteiger partial charge in [0.15, 0.2) is 0 Å². The van der Waals surface area contributed by atoms with Crippen molar-refractivity contribution < 1.29 is 8.42 Å². The average molecular weight is 217 g/mol. The van der Waals surface area contributed by atoms with Gasteiger partial charge in [0.05, 0.1) is 4.90 Å². The standard InChI is InChI=1S/C8H11NO2S2/c1-9(12-2)13(10,11)8-6-4-3-5-7-8/h3-7H,1-2H3. The molecular weight excluding hydrogens is 206 g/mol. The molecule has 1 rings (SSSR count). The number of benzene rings is 1. The minimum absolute atomic E-state index is 0.326. The number of sulfonamides is 1. The van der Waals surface area contributed by atoms with Crippen LogP contribution in [0.4, 0.5) is 0 Å². The van der Waals surface area contributed by atoms with Gasteiger partial charge in [-0.05, 0) is 18.4 Å². The highest BCUT2D eigenvalue weighted by Gasteiger charge is 2.18. The summed E-state index contributed by atoms with van der Waals surface area (Å²) in [5.74, 6) is 0. The zero-order valence-electron chi connectivity index (χ0n) is 7.47. The summed E-state index contributed by atoms with van der Waals surface area (Å²) in [4.78, 5) is 0.326. The lowest BCUT2D eigenvalue weighted by Crippen LogP contribution is -2.19. The Kier molecular flexibility index (Phi) is 3.35. The van der Waals surface area contributed by atoms with Crippen molar-refractivity contribution in [2.24, 2.45) is 0 Å². The van der Waals surface area contributed by atoms with E-state index < -0.39 is 10.0 Å². The quantitative estimate of drug-likeness (QED) is 0.721. The molecule has 3 nitrogen and oxygen atoms in total. The highest BCUT2D eigenvalue weighted by Crippen LogP contribution is 2.18. The Bertz CT molecular complexity index is 361. The Morgan fingerprint density at radius 3 is 2.23 bits per heavy atom. The van der Waals surface area contributed by atoms with Crippen LogP contribution in [0.3, 0.4) is 0 Å². The molecule has 0 N–H and O–H groups in total. The van der Waals surface area contributed by atoms with Crippen LogP contribution in [-0.2, 0) is 10.0 Å². The minimum Gasteiger partial charge on any atom is -0.206 e. The highest BCUT2D eigenvalue weighted by molar-refractivity contribution is 8.08. The molecule has 0 saturated carbocycles. The van der Waals surface area contributed by atoms with Gasteiger partial charge in [-0.25, -0.2) is 8.42 Å². The summed E-state index contributed by atoms with van der Waals surface area (Å²) in [6, 6.07) is 8.38. The van der Waals surface area contributed by atoms with Crippen molar-refractivity contribution >= 4 is 22.0 Å². The van der Waals surface area contributed by atoms with E-state index in [1.54, 1.807) is 36.6 Å². The molecule has 0 aromatic heterocycles. The van der Waals surface area contributed by atoms with Gasteiger partial charge in [0.1, 0.15) is 0 Å². The normalized spacial score (nSPS) is 11.9. The summed E-state index contributed by atoms with van der Waals surface area (Å²) in [7, 11) is -1.76. The molecule has 0 amide bonds. The number of nitrogens with zero attached hydrogens (tertiary/aromatic N) is 1. The number of hydrogen-bond acceptors (Lipinski definition) is 3. The molecular formula is C8H11NO2S2. The van der Waals surface area contributed by atoms with E-state index in [1.807, 2.05) is 0 Å². The Balaban J connectivity index is 3.09. The average Bonchev–Trinajstić information content (AvgIpc) is 2.18. The molecule has 0 aliphatic carbocycles. The second kappa shape index (κ2) is 4.13. The summed E-state index contributed by atoms with van der Waals surface area (Å²) in [5, 5.41) is 0. The van der Waals surface area contributed by atoms with Crippen LogP contribution in [0.15, 0.2) is 35.2 Å². The zero-order chi connectivity index (χ0) is 9.90. The summed E-state index contributed by atoms with van der Waals surface area (Å²) in [6.07, 6.45) is 1.72. The van der Waals surface area contributed by atoms with Crippen molar-refractivity contribution in [1.82, 2.24) is 3.71 Å². The molecule has 0 atom stereocenters. The Morgan fingerprint density at radius 2 is 1.77 bits per heavy atom. The maximum absolute atomic E-state index is 11.7. The molecule has 1 aromatic rings. The predicted octanol–water partition coefficient (Wildman–Crippen LogP) is 1.59. The van der Waals surface area contributed by atoms with E-state index in [4.69, 9.17) is 0 Å². The van der Waals surface area contributed by atoms with E-state index in [1.165, 1.54) is 22.7 Å². The first-order valence-electron chi connectivity index (χ1n) is 3.67. The second-order valence-electron chi connectivity index (χ2n) is 2.41. The monoisotopic (exact) mass is 217 g/mol. The van der Waals surface area contributed by atoms with Crippen molar-refractivity contribution in [2.45, 2.75) is 4.90 Å². The summed E-state index contributed by atoms with van der Waals surface area (Å²) in [6.45, 7) is 0. The molecule has 0 fully saturated rings. The van der Waals surface area contributed by atoms with E-state index in [9.17, 15) is 8.42 Å². The highest BCUT2D eigenvalue weighted by atomic mass is 32.3. The maximum atomic E-state index is 11.7. The second-order valence-corrected chi connectivity index (χ2v) is 5.52. The van der Waals surface area contributed by atoms with E-state index in [-0.39, 0.29) is 0 Å². The van der Waals surface area contributed by atoms with E-state index in [0.29, 0.717) is 4.90 Å². The van der Waals surface area contributed by atoms with E-state index >= 15 is 0 Å². The van der Waals surface area contributed by atoms with Crippen LogP contribution in [-0.4, -0.2) is 25.4 Å². The van der Waals surface area contributed by atoms with Gasteiger partial charge >= 0.3 is 0 Å². The van der Waals surface area contributed by atoms with Gasteiger partial charge in [-0.15, -0.1) is 3.71 Å². The summed E-state index contributed by atoms with van der Waals surface area (Å²) >= 11 is 1.17. The van der Waals surface area contributed by atoms with Crippen LogP contribution in [0.2, 0.25) is 0 Å². The summed E-state index contributed by atoms with van der Waals surface area (Å²) < 4.78 is 24.6. The topological polar surface area (TPSA) is 37.4 Å². The Labute approximate surface area is 82.9 Å². The van der Waals surface area contributed by atoms with Gasteiger partial charge in [-0.2, -0.15) is 0 Å². The molecule has 13 heavy (non-hydrogen) atoms. The molecule has 0 unspecified atom stereocenters. The van der Waals surface area contributed by atoms with Crippen LogP contribution in [0, 0.1) is 0 Å². The third kappa shape index (κ3) is 2.24. The molecule has 72 valence electrons. The van der Waals surface area contributed by atoms with Crippen LogP contribution in [0.1, 0.15) is 0 Å². The molecule has 0 spiro atoms. The first-order chi connectivity index (χ1) is 6.09. The predicted molar refractivity (Wildman–Crippen MR) is 54.9 cm³/mol. The van der Waals surface area contributed by atoms with Crippen molar-refractivity contribution in [2.75, 3.05) is 13.3 Å². The third-order valence-corrected chi connectivity index (χ3v) is 4.73. The molecule has 5 heteroatoms. The molecule has 0 radical (unpaired) electrons. The summed E-state index contributed by atoms with van der Waals surface area (Å²) in [5.41, 5.74) is 0. The first kappa shape index (κ1) is 10.6. The Morgan fingerprint density at radius 1 is 1.23 bits per heavy atom. The van der Waals surface area contributed by atoms with E-state index in [0.717, 1.165) is 0 Å². The van der Waals surface area contributed by atoms with Gasteiger partial charge in [0.2, 0.25) is 0 Å². The van der Waals surface area contributed by atoms with Crippen LogP contribution >= 0.6 is 11.9 Å². The lowest BCUT2D eigenvalue weighted by atomic mass is 10.4. The Hall–Kier alpha value is -0.520. The largest absolute Gasteiger partial charge is 0.252 e.